The van der Waals surface area contributed by atoms with Crippen molar-refractivity contribution in [2.45, 2.75) is 20.0 Å². The Morgan fingerprint density at radius 2 is 1.82 bits per heavy atom. The Balaban J connectivity index is 2.13. The van der Waals surface area contributed by atoms with Gasteiger partial charge in [0.2, 0.25) is 0 Å². The third-order valence-electron chi connectivity index (χ3n) is 3.72. The lowest BCUT2D eigenvalue weighted by Gasteiger charge is -2.24. The van der Waals surface area contributed by atoms with Crippen molar-refractivity contribution in [3.63, 3.8) is 0 Å². The van der Waals surface area contributed by atoms with Gasteiger partial charge in [0.25, 0.3) is 5.91 Å². The lowest BCUT2D eigenvalue weighted by molar-refractivity contribution is 0.0636. The predicted octanol–water partition coefficient (Wildman–Crippen LogP) is 2.77. The number of aryl methyl sites for hydroxylation is 1. The maximum Gasteiger partial charge on any atom is 0.256 e. The summed E-state index contributed by atoms with van der Waals surface area (Å²) in [5.41, 5.74) is 8.73. The summed E-state index contributed by atoms with van der Waals surface area (Å²) in [5.74, 6) is -0.160. The van der Waals surface area contributed by atoms with Gasteiger partial charge in [-0.3, -0.25) is 4.79 Å². The molecular weight excluding hydrogens is 276 g/mol. The van der Waals surface area contributed by atoms with Gasteiger partial charge in [-0.25, -0.2) is 0 Å². The second kappa shape index (κ2) is 7.09. The molecule has 0 spiro atoms. The number of nitrogens with zero attached hydrogens (tertiary/aromatic N) is 1. The van der Waals surface area contributed by atoms with Crippen molar-refractivity contribution in [1.29, 1.82) is 0 Å². The first-order valence-electron chi connectivity index (χ1n) is 7.41. The minimum Gasteiger partial charge on any atom is -0.398 e. The van der Waals surface area contributed by atoms with Crippen molar-refractivity contribution in [3.05, 3.63) is 65.2 Å². The number of carbonyl (C=O) groups excluding carboxylic acids is 1. The molecule has 1 unspecified atom stereocenters. The van der Waals surface area contributed by atoms with Crippen LogP contribution in [0.2, 0.25) is 0 Å². The molecule has 22 heavy (non-hydrogen) atoms. The van der Waals surface area contributed by atoms with Crippen molar-refractivity contribution in [3.8, 4) is 0 Å². The molecule has 0 aliphatic heterocycles. The van der Waals surface area contributed by atoms with Gasteiger partial charge in [-0.2, -0.15) is 0 Å². The van der Waals surface area contributed by atoms with Gasteiger partial charge < -0.3 is 15.7 Å². The lowest BCUT2D eigenvalue weighted by Crippen LogP contribution is -2.35. The Labute approximate surface area is 131 Å². The zero-order valence-corrected chi connectivity index (χ0v) is 13.0. The molecule has 0 saturated heterocycles. The van der Waals surface area contributed by atoms with E-state index in [0.29, 0.717) is 17.8 Å². The largest absolute Gasteiger partial charge is 0.398 e. The molecule has 1 atom stereocenters. The first-order chi connectivity index (χ1) is 10.5. The van der Waals surface area contributed by atoms with Crippen LogP contribution in [0.4, 0.5) is 5.69 Å². The molecular formula is C18H22N2O2. The van der Waals surface area contributed by atoms with Crippen LogP contribution >= 0.6 is 0 Å². The highest BCUT2D eigenvalue weighted by atomic mass is 16.3. The molecule has 0 heterocycles. The van der Waals surface area contributed by atoms with E-state index in [1.165, 1.54) is 0 Å². The molecule has 0 saturated carbocycles. The number of nitrogen functional groups attached to an aromatic ring is 1. The molecule has 0 aromatic heterocycles. The number of para-hydroxylation sites is 1. The van der Waals surface area contributed by atoms with E-state index in [2.05, 4.69) is 0 Å². The van der Waals surface area contributed by atoms with E-state index < -0.39 is 6.10 Å². The van der Waals surface area contributed by atoms with Gasteiger partial charge in [0.1, 0.15) is 0 Å². The van der Waals surface area contributed by atoms with E-state index in [1.807, 2.05) is 38.1 Å². The van der Waals surface area contributed by atoms with Crippen LogP contribution in [0, 0.1) is 6.92 Å². The summed E-state index contributed by atoms with van der Waals surface area (Å²) < 4.78 is 0. The second-order valence-electron chi connectivity index (χ2n) is 5.36. The Morgan fingerprint density at radius 1 is 1.18 bits per heavy atom. The van der Waals surface area contributed by atoms with Gasteiger partial charge in [-0.15, -0.1) is 0 Å². The second-order valence-corrected chi connectivity index (χ2v) is 5.36. The quantitative estimate of drug-likeness (QED) is 0.834. The number of aliphatic hydroxyl groups excluding tert-OH is 1. The van der Waals surface area contributed by atoms with Crippen LogP contribution in [0.3, 0.4) is 0 Å². The fourth-order valence-corrected chi connectivity index (χ4v) is 2.32. The molecule has 0 aliphatic carbocycles. The van der Waals surface area contributed by atoms with E-state index in [0.717, 1.165) is 11.1 Å². The number of rotatable bonds is 5. The summed E-state index contributed by atoms with van der Waals surface area (Å²) in [6.45, 7) is 4.64. The zero-order valence-electron chi connectivity index (χ0n) is 13.0. The normalized spacial score (nSPS) is 12.0. The Kier molecular flexibility index (Phi) is 5.17. The number of likely N-dealkylation sites (N-methyl/N-ethyl adjacent to an activating group) is 1. The van der Waals surface area contributed by atoms with Crippen molar-refractivity contribution >= 4 is 11.6 Å². The van der Waals surface area contributed by atoms with Crippen LogP contribution in [0.1, 0.15) is 34.5 Å². The highest BCUT2D eigenvalue weighted by Gasteiger charge is 2.20. The van der Waals surface area contributed by atoms with Crippen LogP contribution in [-0.4, -0.2) is 29.0 Å². The molecule has 2 rings (SSSR count). The number of hydrogen-bond donors (Lipinski definition) is 2. The molecule has 1 amide bonds. The van der Waals surface area contributed by atoms with E-state index in [-0.39, 0.29) is 12.5 Å². The molecule has 2 aromatic rings. The molecule has 0 bridgehead atoms. The Hall–Kier alpha value is -2.33. The summed E-state index contributed by atoms with van der Waals surface area (Å²) in [5, 5.41) is 10.4. The first-order valence-corrected chi connectivity index (χ1v) is 7.41. The third-order valence-corrected chi connectivity index (χ3v) is 3.72. The summed E-state index contributed by atoms with van der Waals surface area (Å²) in [6.07, 6.45) is -0.713. The van der Waals surface area contributed by atoms with E-state index in [9.17, 15) is 9.90 Å². The standard InChI is InChI=1S/C18H22N2O2/c1-3-20(18(22)15-6-4-5-7-16(15)19)12-17(21)14-10-8-13(2)9-11-14/h4-11,17,21H,3,12,19H2,1-2H3. The van der Waals surface area contributed by atoms with E-state index in [1.54, 1.807) is 29.2 Å². The molecule has 0 aliphatic rings. The third kappa shape index (κ3) is 3.65. The van der Waals surface area contributed by atoms with Gasteiger partial charge in [0.15, 0.2) is 0 Å². The number of benzene rings is 2. The fourth-order valence-electron chi connectivity index (χ4n) is 2.32. The molecule has 3 N–H and O–H groups in total. The minimum absolute atomic E-state index is 0.160. The van der Waals surface area contributed by atoms with Gasteiger partial charge in [-0.1, -0.05) is 42.0 Å². The summed E-state index contributed by atoms with van der Waals surface area (Å²) in [7, 11) is 0. The smallest absolute Gasteiger partial charge is 0.256 e. The zero-order chi connectivity index (χ0) is 16.1. The number of nitrogens with two attached hydrogens (primary N) is 1. The highest BCUT2D eigenvalue weighted by molar-refractivity contribution is 5.99. The molecule has 116 valence electrons. The van der Waals surface area contributed by atoms with Crippen LogP contribution < -0.4 is 5.73 Å². The van der Waals surface area contributed by atoms with Crippen LogP contribution in [0.25, 0.3) is 0 Å². The van der Waals surface area contributed by atoms with Crippen LogP contribution in [0.5, 0.6) is 0 Å². The maximum absolute atomic E-state index is 12.6. The van der Waals surface area contributed by atoms with E-state index >= 15 is 0 Å². The SMILES string of the molecule is CCN(CC(O)c1ccc(C)cc1)C(=O)c1ccccc1N. The number of anilines is 1. The topological polar surface area (TPSA) is 66.6 Å². The van der Waals surface area contributed by atoms with Crippen LogP contribution in [-0.2, 0) is 0 Å². The Morgan fingerprint density at radius 3 is 2.41 bits per heavy atom. The van der Waals surface area contributed by atoms with Gasteiger partial charge in [-0.05, 0) is 31.5 Å². The predicted molar refractivity (Wildman–Crippen MR) is 88.6 cm³/mol. The maximum atomic E-state index is 12.6. The van der Waals surface area contributed by atoms with Crippen molar-refractivity contribution < 1.29 is 9.90 Å². The van der Waals surface area contributed by atoms with Crippen molar-refractivity contribution in [2.75, 3.05) is 18.8 Å². The minimum atomic E-state index is -0.713. The number of carbonyl (C=O) groups is 1. The fraction of sp³-hybridized carbons (Fsp3) is 0.278. The molecule has 0 fully saturated rings. The first kappa shape index (κ1) is 16.0. The summed E-state index contributed by atoms with van der Waals surface area (Å²) in [6, 6.07) is 14.7. The van der Waals surface area contributed by atoms with E-state index in [4.69, 9.17) is 5.73 Å². The van der Waals surface area contributed by atoms with Gasteiger partial charge >= 0.3 is 0 Å². The highest BCUT2D eigenvalue weighted by Crippen LogP contribution is 2.18. The van der Waals surface area contributed by atoms with Crippen molar-refractivity contribution in [2.24, 2.45) is 0 Å². The molecule has 2 aromatic carbocycles. The Bertz CT molecular complexity index is 638. The molecule has 0 radical (unpaired) electrons. The number of amides is 1. The number of hydrogen-bond acceptors (Lipinski definition) is 3. The average molecular weight is 298 g/mol. The van der Waals surface area contributed by atoms with Crippen LogP contribution in [0.15, 0.2) is 48.5 Å². The monoisotopic (exact) mass is 298 g/mol. The average Bonchev–Trinajstić information content (AvgIpc) is 2.53. The number of aliphatic hydroxyl groups is 1. The van der Waals surface area contributed by atoms with Gasteiger partial charge in [0, 0.05) is 12.2 Å². The summed E-state index contributed by atoms with van der Waals surface area (Å²) >= 11 is 0. The molecule has 4 heteroatoms. The van der Waals surface area contributed by atoms with Gasteiger partial charge in [0.05, 0.1) is 18.2 Å². The molecule has 4 nitrogen and oxygen atoms in total. The van der Waals surface area contributed by atoms with Crippen molar-refractivity contribution in [1.82, 2.24) is 4.90 Å². The summed E-state index contributed by atoms with van der Waals surface area (Å²) in [4.78, 5) is 14.2. The lowest BCUT2D eigenvalue weighted by atomic mass is 10.1.